The fraction of sp³-hybridized carbons (Fsp3) is 0.500. The number of nitrogens with one attached hydrogen (secondary N) is 1. The van der Waals surface area contributed by atoms with Crippen LogP contribution in [0.2, 0.25) is 0 Å². The van der Waals surface area contributed by atoms with Crippen LogP contribution in [-0.2, 0) is 22.7 Å². The molecule has 1 rings (SSSR count). The number of hydrogen-bond acceptors (Lipinski definition) is 3. The number of carbonyl (C=O) groups is 1. The van der Waals surface area contributed by atoms with Crippen molar-refractivity contribution in [1.82, 2.24) is 10.2 Å². The van der Waals surface area contributed by atoms with Crippen LogP contribution >= 0.6 is 0 Å². The minimum Gasteiger partial charge on any atom is -0.380 e. The van der Waals surface area contributed by atoms with Crippen molar-refractivity contribution in [2.45, 2.75) is 20.1 Å². The summed E-state index contributed by atoms with van der Waals surface area (Å²) in [5, 5.41) is 3.17. The molecular formula is C14H22N2O2. The van der Waals surface area contributed by atoms with Gasteiger partial charge in [-0.2, -0.15) is 0 Å². The Labute approximate surface area is 109 Å². The number of nitrogens with zero attached hydrogens (tertiary/aromatic N) is 1. The van der Waals surface area contributed by atoms with E-state index in [4.69, 9.17) is 4.74 Å². The molecule has 0 atom stereocenters. The highest BCUT2D eigenvalue weighted by Crippen LogP contribution is 2.09. The average Bonchev–Trinajstić information content (AvgIpc) is 2.40. The van der Waals surface area contributed by atoms with Crippen LogP contribution < -0.4 is 5.32 Å². The lowest BCUT2D eigenvalue weighted by atomic mass is 10.1. The van der Waals surface area contributed by atoms with Gasteiger partial charge in [0, 0.05) is 27.2 Å². The number of rotatable bonds is 7. The third-order valence-corrected chi connectivity index (χ3v) is 2.91. The Morgan fingerprint density at radius 3 is 2.61 bits per heavy atom. The van der Waals surface area contributed by atoms with E-state index in [1.54, 1.807) is 12.0 Å². The number of benzene rings is 1. The zero-order valence-corrected chi connectivity index (χ0v) is 11.4. The van der Waals surface area contributed by atoms with Crippen LogP contribution in [0.4, 0.5) is 0 Å². The Hall–Kier alpha value is -1.39. The monoisotopic (exact) mass is 250 g/mol. The van der Waals surface area contributed by atoms with E-state index < -0.39 is 0 Å². The summed E-state index contributed by atoms with van der Waals surface area (Å²) in [7, 11) is 3.49. The number of ether oxygens (including phenoxy) is 1. The second-order valence-corrected chi connectivity index (χ2v) is 4.21. The van der Waals surface area contributed by atoms with E-state index in [1.807, 2.05) is 32.2 Å². The average molecular weight is 250 g/mol. The fourth-order valence-electron chi connectivity index (χ4n) is 1.64. The summed E-state index contributed by atoms with van der Waals surface area (Å²) in [5.41, 5.74) is 2.33. The lowest BCUT2D eigenvalue weighted by Gasteiger charge is -2.15. The summed E-state index contributed by atoms with van der Waals surface area (Å²) in [6, 6.07) is 8.08. The lowest BCUT2D eigenvalue weighted by molar-refractivity contribution is -0.128. The Balaban J connectivity index is 2.46. The van der Waals surface area contributed by atoms with Crippen molar-refractivity contribution in [3.8, 4) is 0 Å². The molecule has 0 saturated carbocycles. The van der Waals surface area contributed by atoms with E-state index in [2.05, 4.69) is 11.4 Å². The van der Waals surface area contributed by atoms with Crippen molar-refractivity contribution >= 4 is 5.91 Å². The Kier molecular flexibility index (Phi) is 6.39. The van der Waals surface area contributed by atoms with Crippen LogP contribution in [0.5, 0.6) is 0 Å². The van der Waals surface area contributed by atoms with E-state index in [0.29, 0.717) is 19.7 Å². The molecule has 0 spiro atoms. The first-order valence-electron chi connectivity index (χ1n) is 6.19. The molecule has 1 aromatic carbocycles. The molecule has 0 aliphatic heterocycles. The van der Waals surface area contributed by atoms with E-state index >= 15 is 0 Å². The van der Waals surface area contributed by atoms with Crippen molar-refractivity contribution in [2.24, 2.45) is 0 Å². The minimum absolute atomic E-state index is 0.113. The van der Waals surface area contributed by atoms with Gasteiger partial charge in [0.15, 0.2) is 0 Å². The molecule has 0 unspecified atom stereocenters. The molecule has 0 radical (unpaired) electrons. The SMILES string of the molecule is CCN(C)C(=O)CNCc1ccccc1COC. The predicted octanol–water partition coefficient (Wildman–Crippen LogP) is 1.40. The first-order valence-corrected chi connectivity index (χ1v) is 6.19. The Bertz CT molecular complexity index is 380. The lowest BCUT2D eigenvalue weighted by Crippen LogP contribution is -2.35. The highest BCUT2D eigenvalue weighted by Gasteiger charge is 2.06. The van der Waals surface area contributed by atoms with Crippen molar-refractivity contribution in [2.75, 3.05) is 27.2 Å². The van der Waals surface area contributed by atoms with Gasteiger partial charge in [-0.05, 0) is 18.1 Å². The summed E-state index contributed by atoms with van der Waals surface area (Å²) in [4.78, 5) is 13.3. The van der Waals surface area contributed by atoms with Crippen molar-refractivity contribution < 1.29 is 9.53 Å². The molecule has 0 bridgehead atoms. The quantitative estimate of drug-likeness (QED) is 0.795. The molecular weight excluding hydrogens is 228 g/mol. The van der Waals surface area contributed by atoms with Gasteiger partial charge in [-0.3, -0.25) is 4.79 Å². The smallest absolute Gasteiger partial charge is 0.236 e. The van der Waals surface area contributed by atoms with Gasteiger partial charge >= 0.3 is 0 Å². The van der Waals surface area contributed by atoms with Gasteiger partial charge in [-0.15, -0.1) is 0 Å². The summed E-state index contributed by atoms with van der Waals surface area (Å²) >= 11 is 0. The number of hydrogen-bond donors (Lipinski definition) is 1. The van der Waals surface area contributed by atoms with Crippen LogP contribution in [0.1, 0.15) is 18.1 Å². The predicted molar refractivity (Wildman–Crippen MR) is 72.2 cm³/mol. The summed E-state index contributed by atoms with van der Waals surface area (Å²) in [6.45, 7) is 4.35. The molecule has 0 aliphatic carbocycles. The van der Waals surface area contributed by atoms with Gasteiger partial charge < -0.3 is 15.0 Å². The maximum absolute atomic E-state index is 11.6. The van der Waals surface area contributed by atoms with Crippen molar-refractivity contribution in [1.29, 1.82) is 0 Å². The molecule has 4 heteroatoms. The van der Waals surface area contributed by atoms with Crippen molar-refractivity contribution in [3.63, 3.8) is 0 Å². The largest absolute Gasteiger partial charge is 0.380 e. The fourth-order valence-corrected chi connectivity index (χ4v) is 1.64. The zero-order valence-electron chi connectivity index (χ0n) is 11.4. The van der Waals surface area contributed by atoms with Gasteiger partial charge in [-0.25, -0.2) is 0 Å². The van der Waals surface area contributed by atoms with E-state index in [9.17, 15) is 4.79 Å². The van der Waals surface area contributed by atoms with Gasteiger partial charge in [0.1, 0.15) is 0 Å². The number of amides is 1. The van der Waals surface area contributed by atoms with Crippen molar-refractivity contribution in [3.05, 3.63) is 35.4 Å². The molecule has 0 heterocycles. The highest BCUT2D eigenvalue weighted by atomic mass is 16.5. The molecule has 0 saturated heterocycles. The maximum Gasteiger partial charge on any atom is 0.236 e. The minimum atomic E-state index is 0.113. The summed E-state index contributed by atoms with van der Waals surface area (Å²) in [5.74, 6) is 0.113. The molecule has 1 amide bonds. The van der Waals surface area contributed by atoms with E-state index in [-0.39, 0.29) is 5.91 Å². The number of methoxy groups -OCH3 is 1. The van der Waals surface area contributed by atoms with Gasteiger partial charge in [0.25, 0.3) is 0 Å². The molecule has 0 aliphatic rings. The highest BCUT2D eigenvalue weighted by molar-refractivity contribution is 5.77. The Morgan fingerprint density at radius 1 is 1.33 bits per heavy atom. The molecule has 100 valence electrons. The molecule has 4 nitrogen and oxygen atoms in total. The summed E-state index contributed by atoms with van der Waals surface area (Å²) < 4.78 is 5.15. The van der Waals surface area contributed by atoms with E-state index in [1.165, 1.54) is 5.56 Å². The van der Waals surface area contributed by atoms with Crippen LogP contribution in [0.3, 0.4) is 0 Å². The second kappa shape index (κ2) is 7.84. The van der Waals surface area contributed by atoms with Gasteiger partial charge in [-0.1, -0.05) is 24.3 Å². The maximum atomic E-state index is 11.6. The Morgan fingerprint density at radius 2 is 2.00 bits per heavy atom. The van der Waals surface area contributed by atoms with Crippen LogP contribution in [0.25, 0.3) is 0 Å². The topological polar surface area (TPSA) is 41.6 Å². The zero-order chi connectivity index (χ0) is 13.4. The van der Waals surface area contributed by atoms with Crippen LogP contribution in [-0.4, -0.2) is 38.1 Å². The molecule has 0 aromatic heterocycles. The normalized spacial score (nSPS) is 10.4. The second-order valence-electron chi connectivity index (χ2n) is 4.21. The van der Waals surface area contributed by atoms with Gasteiger partial charge in [0.05, 0.1) is 13.2 Å². The standard InChI is InChI=1S/C14H22N2O2/c1-4-16(2)14(17)10-15-9-12-7-5-6-8-13(12)11-18-3/h5-8,15H,4,9-11H2,1-3H3. The van der Waals surface area contributed by atoms with Crippen LogP contribution in [0, 0.1) is 0 Å². The first-order chi connectivity index (χ1) is 8.69. The summed E-state index contributed by atoms with van der Waals surface area (Å²) in [6.07, 6.45) is 0. The molecule has 1 aromatic rings. The molecule has 18 heavy (non-hydrogen) atoms. The molecule has 1 N–H and O–H groups in total. The third-order valence-electron chi connectivity index (χ3n) is 2.91. The third kappa shape index (κ3) is 4.47. The first kappa shape index (κ1) is 14.7. The van der Waals surface area contributed by atoms with Crippen LogP contribution in [0.15, 0.2) is 24.3 Å². The number of likely N-dealkylation sites (N-methyl/N-ethyl adjacent to an activating group) is 1. The molecule has 0 fully saturated rings. The van der Waals surface area contributed by atoms with Gasteiger partial charge in [0.2, 0.25) is 5.91 Å². The number of carbonyl (C=O) groups excluding carboxylic acids is 1. The van der Waals surface area contributed by atoms with E-state index in [0.717, 1.165) is 12.1 Å².